The second-order valence-electron chi connectivity index (χ2n) is 5.49. The second-order valence-corrected chi connectivity index (χ2v) is 5.49. The zero-order valence-corrected chi connectivity index (χ0v) is 11.6. The summed E-state index contributed by atoms with van der Waals surface area (Å²) in [5, 5.41) is 17.5. The Morgan fingerprint density at radius 3 is 3.10 bits per heavy atom. The molecule has 20 heavy (non-hydrogen) atoms. The average molecular weight is 276 g/mol. The minimum atomic E-state index is 0.252. The van der Waals surface area contributed by atoms with Crippen molar-refractivity contribution >= 4 is 22.8 Å². The van der Waals surface area contributed by atoms with Crippen molar-refractivity contribution in [2.45, 2.75) is 31.7 Å². The van der Waals surface area contributed by atoms with E-state index in [2.05, 4.69) is 20.4 Å². The van der Waals surface area contributed by atoms with Gasteiger partial charge in [0.25, 0.3) is 0 Å². The van der Waals surface area contributed by atoms with Crippen molar-refractivity contribution in [3.05, 3.63) is 6.20 Å². The van der Waals surface area contributed by atoms with Gasteiger partial charge in [-0.1, -0.05) is 6.42 Å². The Bertz CT molecular complexity index is 610. The number of nitrogens with two attached hydrogens (primary N) is 1. The summed E-state index contributed by atoms with van der Waals surface area (Å²) < 4.78 is 1.69. The highest BCUT2D eigenvalue weighted by Crippen LogP contribution is 2.26. The predicted octanol–water partition coefficient (Wildman–Crippen LogP) is 0.908. The average Bonchev–Trinajstić information content (AvgIpc) is 2.81. The lowest BCUT2D eigenvalue weighted by Crippen LogP contribution is -2.29. The molecule has 1 aliphatic carbocycles. The number of aromatic nitrogens is 4. The molecule has 0 spiro atoms. The number of nitrogens with zero attached hydrogens (tertiary/aromatic N) is 4. The van der Waals surface area contributed by atoms with Gasteiger partial charge in [0.15, 0.2) is 5.65 Å². The maximum atomic E-state index is 9.28. The molecule has 0 saturated heterocycles. The first-order valence-electron chi connectivity index (χ1n) is 7.00. The van der Waals surface area contributed by atoms with Crippen molar-refractivity contribution in [2.24, 2.45) is 13.0 Å². The van der Waals surface area contributed by atoms with Crippen molar-refractivity contribution < 1.29 is 5.11 Å². The van der Waals surface area contributed by atoms with E-state index in [1.807, 2.05) is 7.05 Å². The molecule has 0 unspecified atom stereocenters. The maximum Gasteiger partial charge on any atom is 0.226 e. The Kier molecular flexibility index (Phi) is 3.43. The number of fused-ring (bicyclic) bond motifs is 1. The number of rotatable bonds is 3. The third-order valence-electron chi connectivity index (χ3n) is 4.00. The molecule has 108 valence electrons. The van der Waals surface area contributed by atoms with Crippen LogP contribution in [0.15, 0.2) is 6.20 Å². The van der Waals surface area contributed by atoms with Gasteiger partial charge in [0.2, 0.25) is 5.95 Å². The van der Waals surface area contributed by atoms with Gasteiger partial charge in [-0.05, 0) is 25.2 Å². The van der Waals surface area contributed by atoms with Crippen LogP contribution in [0.1, 0.15) is 25.7 Å². The summed E-state index contributed by atoms with van der Waals surface area (Å²) in [6.45, 7) is 0.252. The molecule has 0 aliphatic heterocycles. The van der Waals surface area contributed by atoms with Gasteiger partial charge >= 0.3 is 0 Å². The van der Waals surface area contributed by atoms with E-state index < -0.39 is 0 Å². The van der Waals surface area contributed by atoms with Gasteiger partial charge in [-0.2, -0.15) is 15.1 Å². The molecule has 0 aromatic carbocycles. The Morgan fingerprint density at radius 1 is 1.45 bits per heavy atom. The normalized spacial score (nSPS) is 23.1. The number of aliphatic hydroxyl groups excluding tert-OH is 1. The summed E-state index contributed by atoms with van der Waals surface area (Å²) in [6.07, 6.45) is 5.91. The highest BCUT2D eigenvalue weighted by Gasteiger charge is 2.22. The summed E-state index contributed by atoms with van der Waals surface area (Å²) >= 11 is 0. The molecule has 2 aromatic rings. The molecule has 1 saturated carbocycles. The van der Waals surface area contributed by atoms with Gasteiger partial charge in [0, 0.05) is 19.7 Å². The van der Waals surface area contributed by atoms with E-state index >= 15 is 0 Å². The van der Waals surface area contributed by atoms with Gasteiger partial charge in [0.05, 0.1) is 11.6 Å². The van der Waals surface area contributed by atoms with E-state index in [-0.39, 0.29) is 6.61 Å². The topological polar surface area (TPSA) is 102 Å². The number of aryl methyl sites for hydroxylation is 1. The van der Waals surface area contributed by atoms with Crippen molar-refractivity contribution in [1.29, 1.82) is 0 Å². The van der Waals surface area contributed by atoms with E-state index in [4.69, 9.17) is 5.73 Å². The zero-order valence-electron chi connectivity index (χ0n) is 11.6. The summed E-state index contributed by atoms with van der Waals surface area (Å²) in [6, 6.07) is 0.297. The Labute approximate surface area is 117 Å². The van der Waals surface area contributed by atoms with Crippen LogP contribution in [-0.2, 0) is 7.05 Å². The molecule has 1 fully saturated rings. The van der Waals surface area contributed by atoms with E-state index in [1.165, 1.54) is 0 Å². The number of hydrogen-bond acceptors (Lipinski definition) is 6. The summed E-state index contributed by atoms with van der Waals surface area (Å²) in [5.74, 6) is 1.36. The first kappa shape index (κ1) is 13.1. The molecule has 7 nitrogen and oxygen atoms in total. The number of nitrogens with one attached hydrogen (secondary N) is 1. The summed E-state index contributed by atoms with van der Waals surface area (Å²) in [4.78, 5) is 8.78. The fourth-order valence-corrected chi connectivity index (χ4v) is 2.88. The molecule has 4 N–H and O–H groups in total. The van der Waals surface area contributed by atoms with Gasteiger partial charge in [-0.3, -0.25) is 4.68 Å². The number of hydrogen-bond donors (Lipinski definition) is 3. The first-order chi connectivity index (χ1) is 9.67. The van der Waals surface area contributed by atoms with E-state index in [0.717, 1.165) is 36.7 Å². The van der Waals surface area contributed by atoms with Crippen LogP contribution in [0.5, 0.6) is 0 Å². The SMILES string of the molecule is Cn1ncc2c(N)nc(N[C@H]3CCC[C@@H](CO)C3)nc21. The van der Waals surface area contributed by atoms with Crippen LogP contribution in [-0.4, -0.2) is 37.5 Å². The lowest BCUT2D eigenvalue weighted by molar-refractivity contribution is 0.184. The molecule has 0 bridgehead atoms. The van der Waals surface area contributed by atoms with Gasteiger partial charge in [0.1, 0.15) is 5.82 Å². The number of anilines is 2. The van der Waals surface area contributed by atoms with Crippen LogP contribution in [0.3, 0.4) is 0 Å². The molecule has 2 heterocycles. The van der Waals surface area contributed by atoms with Crippen LogP contribution in [0.25, 0.3) is 11.0 Å². The zero-order chi connectivity index (χ0) is 14.1. The lowest BCUT2D eigenvalue weighted by Gasteiger charge is -2.28. The predicted molar refractivity (Wildman–Crippen MR) is 77.2 cm³/mol. The van der Waals surface area contributed by atoms with Crippen molar-refractivity contribution in [1.82, 2.24) is 19.7 Å². The highest BCUT2D eigenvalue weighted by molar-refractivity contribution is 5.86. The molecule has 1 aliphatic rings. The minimum absolute atomic E-state index is 0.252. The van der Waals surface area contributed by atoms with Gasteiger partial charge < -0.3 is 16.2 Å². The third-order valence-corrected chi connectivity index (χ3v) is 4.00. The van der Waals surface area contributed by atoms with Crippen LogP contribution < -0.4 is 11.1 Å². The van der Waals surface area contributed by atoms with Crippen LogP contribution in [0.2, 0.25) is 0 Å². The van der Waals surface area contributed by atoms with Crippen LogP contribution in [0, 0.1) is 5.92 Å². The fraction of sp³-hybridized carbons (Fsp3) is 0.615. The number of nitrogen functional groups attached to an aromatic ring is 1. The largest absolute Gasteiger partial charge is 0.396 e. The second kappa shape index (κ2) is 5.24. The Balaban J connectivity index is 1.82. The van der Waals surface area contributed by atoms with Crippen LogP contribution in [0.4, 0.5) is 11.8 Å². The van der Waals surface area contributed by atoms with Crippen molar-refractivity contribution in [3.63, 3.8) is 0 Å². The molecule has 3 rings (SSSR count). The fourth-order valence-electron chi connectivity index (χ4n) is 2.88. The number of aliphatic hydroxyl groups is 1. The van der Waals surface area contributed by atoms with E-state index in [0.29, 0.717) is 23.7 Å². The third kappa shape index (κ3) is 2.40. The van der Waals surface area contributed by atoms with Crippen LogP contribution >= 0.6 is 0 Å². The van der Waals surface area contributed by atoms with Gasteiger partial charge in [-0.15, -0.1) is 0 Å². The first-order valence-corrected chi connectivity index (χ1v) is 7.00. The molecule has 2 aromatic heterocycles. The molecule has 2 atom stereocenters. The quantitative estimate of drug-likeness (QED) is 0.770. The maximum absolute atomic E-state index is 9.28. The molecule has 0 amide bonds. The van der Waals surface area contributed by atoms with Crippen molar-refractivity contribution in [2.75, 3.05) is 17.7 Å². The molecular formula is C13H20N6O. The van der Waals surface area contributed by atoms with E-state index in [1.54, 1.807) is 10.9 Å². The smallest absolute Gasteiger partial charge is 0.226 e. The minimum Gasteiger partial charge on any atom is -0.396 e. The summed E-state index contributed by atoms with van der Waals surface area (Å²) in [5.41, 5.74) is 6.68. The van der Waals surface area contributed by atoms with E-state index in [9.17, 15) is 5.11 Å². The lowest BCUT2D eigenvalue weighted by atomic mass is 9.86. The Hall–Kier alpha value is -1.89. The van der Waals surface area contributed by atoms with Gasteiger partial charge in [-0.25, -0.2) is 0 Å². The molecule has 0 radical (unpaired) electrons. The highest BCUT2D eigenvalue weighted by atomic mass is 16.3. The van der Waals surface area contributed by atoms with Crippen molar-refractivity contribution in [3.8, 4) is 0 Å². The molecular weight excluding hydrogens is 256 g/mol. The monoisotopic (exact) mass is 276 g/mol. The molecule has 7 heteroatoms. The Morgan fingerprint density at radius 2 is 2.30 bits per heavy atom. The standard InChI is InChI=1S/C13H20N6O/c1-19-12-10(6-15-19)11(14)17-13(18-12)16-9-4-2-3-8(5-9)7-20/h6,8-9,20H,2-5,7H2,1H3,(H3,14,16,17,18)/t8-,9+/m1/s1. The summed E-state index contributed by atoms with van der Waals surface area (Å²) in [7, 11) is 1.83.